The summed E-state index contributed by atoms with van der Waals surface area (Å²) in [6, 6.07) is 2.31. The third-order valence-electron chi connectivity index (χ3n) is 6.85. The molecule has 0 bridgehead atoms. The maximum Gasteiger partial charge on any atom is 0.342 e. The highest BCUT2D eigenvalue weighted by atomic mass is 19.1. The lowest BCUT2D eigenvalue weighted by molar-refractivity contribution is -0.157. The molecule has 4 heterocycles. The van der Waals surface area contributed by atoms with Crippen LogP contribution in [0, 0.1) is 11.9 Å². The standard InChI is InChI=1S/C14H18FN3O3.C10H10FN3O3.C10H18O4/c1-8(20-5)12-9(13(19)21-14(2,3)4)7-16-11-6-10(15)17-18(11)12;1-5(17-2)9-6(10(15)16)4-12-8-3-7(11)13-14(8)9;1-7(13-5)8(11)6-9(12)14-10(2,3)4/h6-8H,1-5H3;3-5H,1-2H3,(H,15,16);7H,6H2,1-5H3/t8-;5-;7-/m000/s1. The van der Waals surface area contributed by atoms with Gasteiger partial charge in [-0.1, -0.05) is 0 Å². The van der Waals surface area contributed by atoms with E-state index >= 15 is 0 Å². The van der Waals surface area contributed by atoms with Gasteiger partial charge in [-0.15, -0.1) is 10.2 Å². The molecule has 1 N–H and O–H groups in total. The first-order valence-electron chi connectivity index (χ1n) is 15.9. The summed E-state index contributed by atoms with van der Waals surface area (Å²) in [6.45, 7) is 15.6. The number of nitrogens with zero attached hydrogens (tertiary/aromatic N) is 6. The van der Waals surface area contributed by atoms with Gasteiger partial charge in [-0.3, -0.25) is 9.59 Å². The number of methoxy groups -OCH3 is 3. The lowest BCUT2D eigenvalue weighted by Crippen LogP contribution is -2.28. The van der Waals surface area contributed by atoms with Crippen LogP contribution >= 0.6 is 0 Å². The van der Waals surface area contributed by atoms with Gasteiger partial charge in [0.25, 0.3) is 0 Å². The molecule has 18 heteroatoms. The number of aromatic nitrogens is 6. The van der Waals surface area contributed by atoms with Gasteiger partial charge in [-0.25, -0.2) is 28.6 Å². The average Bonchev–Trinajstić information content (AvgIpc) is 3.61. The highest BCUT2D eigenvalue weighted by Crippen LogP contribution is 2.24. The van der Waals surface area contributed by atoms with Gasteiger partial charge in [-0.05, 0) is 62.3 Å². The molecule has 3 atom stereocenters. The summed E-state index contributed by atoms with van der Waals surface area (Å²) in [5.74, 6) is -3.87. The third-order valence-corrected chi connectivity index (χ3v) is 6.85. The normalized spacial score (nSPS) is 13.3. The number of fused-ring (bicyclic) bond motifs is 2. The van der Waals surface area contributed by atoms with Crippen LogP contribution in [-0.2, 0) is 33.3 Å². The molecule has 4 aromatic rings. The van der Waals surface area contributed by atoms with Gasteiger partial charge in [0, 0.05) is 45.9 Å². The van der Waals surface area contributed by atoms with E-state index in [-0.39, 0.29) is 34.7 Å². The van der Waals surface area contributed by atoms with E-state index in [1.807, 2.05) is 0 Å². The molecular weight excluding hydrogens is 690 g/mol. The molecule has 0 radical (unpaired) electrons. The summed E-state index contributed by atoms with van der Waals surface area (Å²) in [5.41, 5.74) is 0.160. The Morgan fingerprint density at radius 2 is 1.15 bits per heavy atom. The van der Waals surface area contributed by atoms with Crippen molar-refractivity contribution in [2.24, 2.45) is 0 Å². The van der Waals surface area contributed by atoms with Crippen molar-refractivity contribution in [2.45, 2.75) is 98.2 Å². The molecule has 0 aromatic carbocycles. The lowest BCUT2D eigenvalue weighted by atomic mass is 10.1. The molecule has 0 amide bonds. The fraction of sp³-hybridized carbons (Fsp3) is 0.529. The maximum absolute atomic E-state index is 13.3. The number of carboxylic acids is 1. The van der Waals surface area contributed by atoms with Gasteiger partial charge in [0.2, 0.25) is 11.9 Å². The largest absolute Gasteiger partial charge is 0.478 e. The van der Waals surface area contributed by atoms with Crippen molar-refractivity contribution in [1.82, 2.24) is 29.2 Å². The molecule has 0 saturated heterocycles. The van der Waals surface area contributed by atoms with Crippen LogP contribution in [0.25, 0.3) is 11.3 Å². The van der Waals surface area contributed by atoms with Gasteiger partial charge < -0.3 is 28.8 Å². The molecule has 0 unspecified atom stereocenters. The Hall–Kier alpha value is -4.94. The minimum absolute atomic E-state index is 0.0602. The van der Waals surface area contributed by atoms with Crippen LogP contribution in [0.15, 0.2) is 24.5 Å². The van der Waals surface area contributed by atoms with E-state index in [2.05, 4.69) is 20.2 Å². The number of Topliss-reactive ketones (excluding diaryl/α,β-unsaturated/α-hetero) is 1. The number of ether oxygens (including phenoxy) is 5. The number of rotatable bonds is 10. The van der Waals surface area contributed by atoms with Crippen molar-refractivity contribution >= 4 is 35.0 Å². The number of hydrogen-bond acceptors (Lipinski definition) is 13. The molecule has 0 fully saturated rings. The van der Waals surface area contributed by atoms with E-state index in [0.29, 0.717) is 11.3 Å². The minimum atomic E-state index is -1.16. The van der Waals surface area contributed by atoms with E-state index in [0.717, 1.165) is 10.6 Å². The first-order valence-corrected chi connectivity index (χ1v) is 15.9. The van der Waals surface area contributed by atoms with Crippen molar-refractivity contribution in [3.8, 4) is 0 Å². The zero-order valence-electron chi connectivity index (χ0n) is 31.3. The number of carboxylic acid groups (broad SMARTS) is 1. The highest BCUT2D eigenvalue weighted by Gasteiger charge is 2.27. The predicted octanol–water partition coefficient (Wildman–Crippen LogP) is 5.13. The molecule has 0 aliphatic rings. The first kappa shape index (κ1) is 43.2. The molecule has 0 aliphatic carbocycles. The Bertz CT molecular complexity index is 1880. The second kappa shape index (κ2) is 18.0. The third kappa shape index (κ3) is 12.1. The molecule has 4 aromatic heterocycles. The number of carbonyl (C=O) groups is 4. The van der Waals surface area contributed by atoms with Gasteiger partial charge in [0.05, 0.1) is 23.6 Å². The van der Waals surface area contributed by atoms with E-state index in [1.165, 1.54) is 44.3 Å². The van der Waals surface area contributed by atoms with Crippen molar-refractivity contribution in [1.29, 1.82) is 0 Å². The zero-order chi connectivity index (χ0) is 39.7. The van der Waals surface area contributed by atoms with Crippen LogP contribution in [0.4, 0.5) is 8.78 Å². The second-order valence-electron chi connectivity index (χ2n) is 13.3. The fourth-order valence-corrected chi connectivity index (χ4v) is 4.30. The van der Waals surface area contributed by atoms with E-state index in [9.17, 15) is 28.0 Å². The highest BCUT2D eigenvalue weighted by molar-refractivity contribution is 5.97. The first-order chi connectivity index (χ1) is 24.0. The van der Waals surface area contributed by atoms with Crippen LogP contribution < -0.4 is 0 Å². The fourth-order valence-electron chi connectivity index (χ4n) is 4.30. The van der Waals surface area contributed by atoms with Crippen LogP contribution in [-0.4, -0.2) is 96.6 Å². The molecule has 0 spiro atoms. The number of carbonyl (C=O) groups excluding carboxylic acids is 3. The topological polar surface area (TPSA) is 195 Å². The average molecular weight is 737 g/mol. The van der Waals surface area contributed by atoms with Crippen LogP contribution in [0.3, 0.4) is 0 Å². The Morgan fingerprint density at radius 3 is 1.54 bits per heavy atom. The number of esters is 2. The summed E-state index contributed by atoms with van der Waals surface area (Å²) >= 11 is 0. The number of halogens is 2. The van der Waals surface area contributed by atoms with Gasteiger partial charge in [0.15, 0.2) is 17.1 Å². The Kier molecular flexibility index (Phi) is 15.0. The SMILES string of the molecule is CO[C@@H](C)C(=O)CC(=O)OC(C)(C)C.CO[C@@H](C)c1c(C(=O)O)cnc2cc(F)nn12.CO[C@@H](C)c1c(C(=O)OC(C)(C)C)cnc2cc(F)nn12. The summed E-state index contributed by atoms with van der Waals surface area (Å²) in [7, 11) is 4.36. The monoisotopic (exact) mass is 736 g/mol. The molecule has 0 aliphatic heterocycles. The molecular formula is C34H46F2N6O10. The quantitative estimate of drug-likeness (QED) is 0.166. The smallest absolute Gasteiger partial charge is 0.342 e. The molecule has 286 valence electrons. The van der Waals surface area contributed by atoms with Crippen molar-refractivity contribution < 1.29 is 56.7 Å². The van der Waals surface area contributed by atoms with Crippen LogP contribution in [0.2, 0.25) is 0 Å². The predicted molar refractivity (Wildman–Crippen MR) is 181 cm³/mol. The number of ketones is 1. The van der Waals surface area contributed by atoms with E-state index < -0.39 is 59.3 Å². The number of aromatic carboxylic acids is 1. The van der Waals surface area contributed by atoms with Crippen molar-refractivity contribution in [3.05, 3.63) is 58.9 Å². The Balaban J connectivity index is 0.000000277. The zero-order valence-corrected chi connectivity index (χ0v) is 31.3. The number of hydrogen-bond donors (Lipinski definition) is 1. The lowest BCUT2D eigenvalue weighted by Gasteiger charge is -2.21. The summed E-state index contributed by atoms with van der Waals surface area (Å²) in [6.07, 6.45) is 0.733. The molecule has 52 heavy (non-hydrogen) atoms. The van der Waals surface area contributed by atoms with Gasteiger partial charge in [0.1, 0.15) is 34.9 Å². The molecule has 16 nitrogen and oxygen atoms in total. The molecule has 4 rings (SSSR count). The second-order valence-corrected chi connectivity index (χ2v) is 13.3. The van der Waals surface area contributed by atoms with Gasteiger partial charge >= 0.3 is 17.9 Å². The van der Waals surface area contributed by atoms with Crippen molar-refractivity contribution in [3.63, 3.8) is 0 Å². The summed E-state index contributed by atoms with van der Waals surface area (Å²) in [4.78, 5) is 53.7. The van der Waals surface area contributed by atoms with E-state index in [1.54, 1.807) is 62.3 Å². The van der Waals surface area contributed by atoms with Crippen LogP contribution in [0.1, 0.15) is 113 Å². The maximum atomic E-state index is 13.3. The molecule has 0 saturated carbocycles. The van der Waals surface area contributed by atoms with E-state index in [4.69, 9.17) is 28.8 Å². The summed E-state index contributed by atoms with van der Waals surface area (Å²) < 4.78 is 54.2. The Morgan fingerprint density at radius 1 is 0.731 bits per heavy atom. The van der Waals surface area contributed by atoms with Crippen LogP contribution in [0.5, 0.6) is 0 Å². The minimum Gasteiger partial charge on any atom is -0.478 e. The van der Waals surface area contributed by atoms with Crippen molar-refractivity contribution in [2.75, 3.05) is 21.3 Å². The Labute approximate surface area is 299 Å². The summed E-state index contributed by atoms with van der Waals surface area (Å²) in [5, 5.41) is 16.3. The van der Waals surface area contributed by atoms with Gasteiger partial charge in [-0.2, -0.15) is 8.78 Å².